The SMILES string of the molecule is O=C(OCc1ccccc1)C1=C(Sc2ccccn2)CC2CC(=O)N12. The summed E-state index contributed by atoms with van der Waals surface area (Å²) < 4.78 is 5.46. The highest BCUT2D eigenvalue weighted by Gasteiger charge is 2.48. The lowest BCUT2D eigenvalue weighted by atomic mass is 10.0. The molecule has 1 unspecified atom stereocenters. The molecule has 2 aliphatic heterocycles. The Labute approximate surface area is 149 Å². The van der Waals surface area contributed by atoms with E-state index in [1.54, 1.807) is 11.1 Å². The van der Waals surface area contributed by atoms with Crippen molar-refractivity contribution in [3.8, 4) is 0 Å². The van der Waals surface area contributed by atoms with Gasteiger partial charge in [0.2, 0.25) is 5.91 Å². The third-order valence-corrected chi connectivity index (χ3v) is 5.30. The molecule has 0 aliphatic carbocycles. The van der Waals surface area contributed by atoms with Crippen molar-refractivity contribution < 1.29 is 14.3 Å². The highest BCUT2D eigenvalue weighted by molar-refractivity contribution is 8.03. The second kappa shape index (κ2) is 6.72. The number of carbonyl (C=O) groups is 2. The van der Waals surface area contributed by atoms with E-state index in [-0.39, 0.29) is 18.6 Å². The van der Waals surface area contributed by atoms with Crippen molar-refractivity contribution in [2.24, 2.45) is 0 Å². The zero-order valence-corrected chi connectivity index (χ0v) is 14.2. The van der Waals surface area contributed by atoms with Crippen molar-refractivity contribution >= 4 is 23.6 Å². The van der Waals surface area contributed by atoms with Gasteiger partial charge in [0.25, 0.3) is 0 Å². The summed E-state index contributed by atoms with van der Waals surface area (Å²) in [5.41, 5.74) is 1.30. The molecule has 1 amide bonds. The summed E-state index contributed by atoms with van der Waals surface area (Å²) in [5, 5.41) is 0.806. The summed E-state index contributed by atoms with van der Waals surface area (Å²) in [7, 11) is 0. The number of pyridine rings is 1. The number of carbonyl (C=O) groups excluding carboxylic acids is 2. The van der Waals surface area contributed by atoms with Gasteiger partial charge in [0.05, 0.1) is 6.04 Å². The third-order valence-electron chi connectivity index (χ3n) is 4.24. The second-order valence-corrected chi connectivity index (χ2v) is 7.04. The lowest BCUT2D eigenvalue weighted by Crippen LogP contribution is -2.49. The Balaban J connectivity index is 1.54. The Hall–Kier alpha value is -2.60. The van der Waals surface area contributed by atoms with E-state index >= 15 is 0 Å². The molecule has 1 fully saturated rings. The summed E-state index contributed by atoms with van der Waals surface area (Å²) in [6.45, 7) is 0.192. The molecule has 6 heteroatoms. The summed E-state index contributed by atoms with van der Waals surface area (Å²) in [5.74, 6) is -0.467. The number of ether oxygens (including phenoxy) is 1. The van der Waals surface area contributed by atoms with Crippen LogP contribution in [0.15, 0.2) is 70.4 Å². The van der Waals surface area contributed by atoms with Crippen LogP contribution >= 0.6 is 11.8 Å². The Morgan fingerprint density at radius 1 is 1.16 bits per heavy atom. The number of aromatic nitrogens is 1. The smallest absolute Gasteiger partial charge is 0.356 e. The van der Waals surface area contributed by atoms with Crippen LogP contribution in [0.25, 0.3) is 0 Å². The minimum atomic E-state index is -0.446. The van der Waals surface area contributed by atoms with Crippen LogP contribution in [0.4, 0.5) is 0 Å². The van der Waals surface area contributed by atoms with E-state index in [0.717, 1.165) is 15.5 Å². The van der Waals surface area contributed by atoms with Gasteiger partial charge in [-0.1, -0.05) is 48.2 Å². The molecular weight excluding hydrogens is 336 g/mol. The Morgan fingerprint density at radius 2 is 1.96 bits per heavy atom. The lowest BCUT2D eigenvalue weighted by molar-refractivity contribution is -0.150. The van der Waals surface area contributed by atoms with Gasteiger partial charge in [-0.15, -0.1) is 0 Å². The monoisotopic (exact) mass is 352 g/mol. The van der Waals surface area contributed by atoms with Gasteiger partial charge in [-0.05, 0) is 17.7 Å². The van der Waals surface area contributed by atoms with Gasteiger partial charge in [-0.25, -0.2) is 9.78 Å². The fraction of sp³-hybridized carbons (Fsp3) is 0.211. The number of benzene rings is 1. The molecule has 0 saturated carbocycles. The third kappa shape index (κ3) is 3.17. The first-order valence-corrected chi connectivity index (χ1v) is 8.89. The van der Waals surface area contributed by atoms with E-state index in [1.807, 2.05) is 48.5 Å². The van der Waals surface area contributed by atoms with E-state index in [1.165, 1.54) is 11.8 Å². The van der Waals surface area contributed by atoms with E-state index in [2.05, 4.69) is 4.98 Å². The van der Waals surface area contributed by atoms with Gasteiger partial charge in [0.1, 0.15) is 17.3 Å². The van der Waals surface area contributed by atoms with E-state index in [4.69, 9.17) is 4.74 Å². The summed E-state index contributed by atoms with van der Waals surface area (Å²) in [4.78, 5) is 31.3. The highest BCUT2D eigenvalue weighted by Crippen LogP contribution is 2.45. The van der Waals surface area contributed by atoms with Crippen LogP contribution in [-0.4, -0.2) is 27.8 Å². The van der Waals surface area contributed by atoms with Crippen molar-refractivity contribution in [1.29, 1.82) is 0 Å². The number of nitrogens with zero attached hydrogens (tertiary/aromatic N) is 2. The van der Waals surface area contributed by atoms with E-state index in [9.17, 15) is 9.59 Å². The molecule has 126 valence electrons. The number of amides is 1. The summed E-state index contributed by atoms with van der Waals surface area (Å²) in [6.07, 6.45) is 2.88. The van der Waals surface area contributed by atoms with Crippen LogP contribution in [-0.2, 0) is 20.9 Å². The first kappa shape index (κ1) is 15.9. The van der Waals surface area contributed by atoms with Crippen LogP contribution in [0.3, 0.4) is 0 Å². The fourth-order valence-corrected chi connectivity index (χ4v) is 4.09. The van der Waals surface area contributed by atoms with Crippen molar-refractivity contribution in [2.45, 2.75) is 30.5 Å². The number of fused-ring (bicyclic) bond motifs is 1. The Morgan fingerprint density at radius 3 is 2.68 bits per heavy atom. The number of esters is 1. The van der Waals surface area contributed by atoms with Crippen molar-refractivity contribution in [3.63, 3.8) is 0 Å². The topological polar surface area (TPSA) is 59.5 Å². The molecule has 1 aromatic heterocycles. The van der Waals surface area contributed by atoms with Crippen LogP contribution in [0.5, 0.6) is 0 Å². The van der Waals surface area contributed by atoms with Crippen LogP contribution in [0.1, 0.15) is 18.4 Å². The molecule has 1 atom stereocenters. The predicted octanol–water partition coefficient (Wildman–Crippen LogP) is 3.13. The lowest BCUT2D eigenvalue weighted by Gasteiger charge is -2.35. The Bertz CT molecular complexity index is 836. The fourth-order valence-electron chi connectivity index (χ4n) is 3.03. The standard InChI is InChI=1S/C19H16N2O3S/c22-17-11-14-10-15(25-16-8-4-5-9-20-16)18(21(14)17)19(23)24-12-13-6-2-1-3-7-13/h1-9,14H,10-12H2. The molecule has 1 aromatic carbocycles. The molecule has 0 radical (unpaired) electrons. The average molecular weight is 352 g/mol. The van der Waals surface area contributed by atoms with Gasteiger partial charge >= 0.3 is 5.97 Å². The number of β-lactam (4-membered cyclic amide) rings is 1. The molecule has 0 spiro atoms. The van der Waals surface area contributed by atoms with Crippen LogP contribution < -0.4 is 0 Å². The maximum atomic E-state index is 12.6. The van der Waals surface area contributed by atoms with Gasteiger partial charge in [-0.3, -0.25) is 4.79 Å². The molecule has 0 N–H and O–H groups in total. The molecule has 3 heterocycles. The van der Waals surface area contributed by atoms with Crippen LogP contribution in [0, 0.1) is 0 Å². The number of hydrogen-bond donors (Lipinski definition) is 0. The predicted molar refractivity (Wildman–Crippen MR) is 93.2 cm³/mol. The maximum absolute atomic E-state index is 12.6. The number of thioether (sulfide) groups is 1. The van der Waals surface area contributed by atoms with Crippen molar-refractivity contribution in [1.82, 2.24) is 9.88 Å². The first-order chi connectivity index (χ1) is 12.2. The van der Waals surface area contributed by atoms with Gasteiger partial charge < -0.3 is 9.64 Å². The molecule has 0 bridgehead atoms. The summed E-state index contributed by atoms with van der Waals surface area (Å²) >= 11 is 1.43. The summed E-state index contributed by atoms with van der Waals surface area (Å²) in [6, 6.07) is 15.2. The number of rotatable bonds is 5. The molecule has 25 heavy (non-hydrogen) atoms. The molecule has 5 nitrogen and oxygen atoms in total. The molecule has 2 aliphatic rings. The first-order valence-electron chi connectivity index (χ1n) is 8.07. The van der Waals surface area contributed by atoms with E-state index in [0.29, 0.717) is 18.5 Å². The second-order valence-electron chi connectivity index (χ2n) is 5.93. The molecule has 4 rings (SSSR count). The average Bonchev–Trinajstić information content (AvgIpc) is 2.93. The minimum Gasteiger partial charge on any atom is -0.456 e. The molecule has 1 saturated heterocycles. The normalized spacial score (nSPS) is 18.8. The van der Waals surface area contributed by atoms with Crippen LogP contribution in [0.2, 0.25) is 0 Å². The maximum Gasteiger partial charge on any atom is 0.356 e. The molecular formula is C19H16N2O3S. The highest BCUT2D eigenvalue weighted by atomic mass is 32.2. The van der Waals surface area contributed by atoms with E-state index < -0.39 is 5.97 Å². The van der Waals surface area contributed by atoms with Crippen molar-refractivity contribution in [3.05, 3.63) is 70.9 Å². The zero-order valence-electron chi connectivity index (χ0n) is 13.4. The van der Waals surface area contributed by atoms with Gasteiger partial charge in [0, 0.05) is 23.9 Å². The quantitative estimate of drug-likeness (QED) is 0.611. The van der Waals surface area contributed by atoms with Gasteiger partial charge in [-0.2, -0.15) is 0 Å². The zero-order chi connectivity index (χ0) is 17.2. The Kier molecular flexibility index (Phi) is 4.28. The largest absolute Gasteiger partial charge is 0.456 e. The van der Waals surface area contributed by atoms with Crippen molar-refractivity contribution in [2.75, 3.05) is 0 Å². The minimum absolute atomic E-state index is 0.0201. The number of hydrogen-bond acceptors (Lipinski definition) is 5. The van der Waals surface area contributed by atoms with Gasteiger partial charge in [0.15, 0.2) is 0 Å². The molecule has 2 aromatic rings.